The van der Waals surface area contributed by atoms with Gasteiger partial charge in [-0.25, -0.2) is 0 Å². The highest BCUT2D eigenvalue weighted by atomic mass is 16.4. The fraction of sp³-hybridized carbons (Fsp3) is 0.600. The van der Waals surface area contributed by atoms with E-state index in [2.05, 4.69) is 6.92 Å². The lowest BCUT2D eigenvalue weighted by Gasteiger charge is -2.37. The van der Waals surface area contributed by atoms with Gasteiger partial charge in [-0.3, -0.25) is 9.59 Å². The number of piperidine rings is 1. The van der Waals surface area contributed by atoms with Crippen molar-refractivity contribution in [2.45, 2.75) is 32.2 Å². The maximum absolute atomic E-state index is 12.5. The first-order chi connectivity index (χ1) is 9.58. The topological polar surface area (TPSA) is 70.8 Å². The standard InChI is InChI=1S/C15H19NO4/c1-9-4-5-16(12(7-9)13-3-2-6-20-13)14(17)10-8-11(10)15(18)19/h2-3,6,9-12H,4-5,7-8H2,1H3,(H,18,19)/t9-,10-,11-,12-/m1/s1. The average Bonchev–Trinajstić information content (AvgIpc) is 3.05. The van der Waals surface area contributed by atoms with Crippen molar-refractivity contribution in [3.8, 4) is 0 Å². The van der Waals surface area contributed by atoms with Crippen molar-refractivity contribution in [2.75, 3.05) is 6.54 Å². The van der Waals surface area contributed by atoms with Crippen molar-refractivity contribution >= 4 is 11.9 Å². The molecule has 2 fully saturated rings. The van der Waals surface area contributed by atoms with Crippen LogP contribution in [0.3, 0.4) is 0 Å². The predicted molar refractivity (Wildman–Crippen MR) is 70.8 cm³/mol. The van der Waals surface area contributed by atoms with E-state index in [0.29, 0.717) is 18.9 Å². The Hall–Kier alpha value is -1.78. The van der Waals surface area contributed by atoms with Crippen LogP contribution in [0.1, 0.15) is 38.0 Å². The Balaban J connectivity index is 1.76. The van der Waals surface area contributed by atoms with Gasteiger partial charge in [0, 0.05) is 6.54 Å². The second-order valence-corrected chi connectivity index (χ2v) is 5.98. The molecule has 0 unspecified atom stereocenters. The van der Waals surface area contributed by atoms with E-state index in [9.17, 15) is 9.59 Å². The zero-order chi connectivity index (χ0) is 14.3. The van der Waals surface area contributed by atoms with Gasteiger partial charge in [-0.2, -0.15) is 0 Å². The minimum absolute atomic E-state index is 0.0225. The van der Waals surface area contributed by atoms with E-state index < -0.39 is 11.9 Å². The molecule has 1 aliphatic carbocycles. The quantitative estimate of drug-likeness (QED) is 0.920. The van der Waals surface area contributed by atoms with Crippen LogP contribution in [0.5, 0.6) is 0 Å². The Morgan fingerprint density at radius 3 is 2.75 bits per heavy atom. The van der Waals surface area contributed by atoms with Crippen LogP contribution in [0.2, 0.25) is 0 Å². The molecule has 1 aromatic heterocycles. The Bertz CT molecular complexity index is 510. The zero-order valence-electron chi connectivity index (χ0n) is 11.5. The van der Waals surface area contributed by atoms with Gasteiger partial charge in [-0.1, -0.05) is 6.92 Å². The van der Waals surface area contributed by atoms with Crippen molar-refractivity contribution in [3.63, 3.8) is 0 Å². The molecule has 1 N–H and O–H groups in total. The molecule has 0 radical (unpaired) electrons. The van der Waals surface area contributed by atoms with Gasteiger partial charge in [0.1, 0.15) is 5.76 Å². The second kappa shape index (κ2) is 4.96. The summed E-state index contributed by atoms with van der Waals surface area (Å²) in [5, 5.41) is 8.97. The average molecular weight is 277 g/mol. The van der Waals surface area contributed by atoms with Gasteiger partial charge in [0.05, 0.1) is 24.1 Å². The summed E-state index contributed by atoms with van der Waals surface area (Å²) in [7, 11) is 0. The Kier molecular flexibility index (Phi) is 3.28. The number of furan rings is 1. The second-order valence-electron chi connectivity index (χ2n) is 5.98. The molecule has 1 aromatic rings. The summed E-state index contributed by atoms with van der Waals surface area (Å²) in [6.07, 6.45) is 3.94. The Labute approximate surface area is 117 Å². The van der Waals surface area contributed by atoms with Crippen molar-refractivity contribution in [1.82, 2.24) is 4.90 Å². The Morgan fingerprint density at radius 1 is 1.35 bits per heavy atom. The molecule has 1 amide bonds. The monoisotopic (exact) mass is 277 g/mol. The molecule has 5 nitrogen and oxygen atoms in total. The Morgan fingerprint density at radius 2 is 2.15 bits per heavy atom. The number of nitrogens with zero attached hydrogens (tertiary/aromatic N) is 1. The van der Waals surface area contributed by atoms with Gasteiger partial charge in [-0.05, 0) is 37.3 Å². The van der Waals surface area contributed by atoms with Crippen LogP contribution in [-0.4, -0.2) is 28.4 Å². The first kappa shape index (κ1) is 13.2. The number of carbonyl (C=O) groups excluding carboxylic acids is 1. The minimum Gasteiger partial charge on any atom is -0.481 e. The minimum atomic E-state index is -0.858. The number of hydrogen-bond acceptors (Lipinski definition) is 3. The molecule has 5 heteroatoms. The van der Waals surface area contributed by atoms with Crippen LogP contribution < -0.4 is 0 Å². The molecule has 108 valence electrons. The molecule has 1 aliphatic heterocycles. The maximum atomic E-state index is 12.5. The molecule has 0 spiro atoms. The van der Waals surface area contributed by atoms with E-state index in [-0.39, 0.29) is 17.9 Å². The molecule has 1 saturated carbocycles. The van der Waals surface area contributed by atoms with Crippen molar-refractivity contribution in [3.05, 3.63) is 24.2 Å². The normalized spacial score (nSPS) is 33.0. The van der Waals surface area contributed by atoms with E-state index >= 15 is 0 Å². The van der Waals surface area contributed by atoms with Gasteiger partial charge in [-0.15, -0.1) is 0 Å². The van der Waals surface area contributed by atoms with Gasteiger partial charge in [0.15, 0.2) is 0 Å². The summed E-state index contributed by atoms with van der Waals surface area (Å²) < 4.78 is 5.47. The summed E-state index contributed by atoms with van der Waals surface area (Å²) in [5.41, 5.74) is 0. The van der Waals surface area contributed by atoms with Gasteiger partial charge < -0.3 is 14.4 Å². The third kappa shape index (κ3) is 2.32. The van der Waals surface area contributed by atoms with Crippen LogP contribution in [-0.2, 0) is 9.59 Å². The first-order valence-corrected chi connectivity index (χ1v) is 7.14. The van der Waals surface area contributed by atoms with Crippen LogP contribution in [0, 0.1) is 17.8 Å². The fourth-order valence-electron chi connectivity index (χ4n) is 3.11. The van der Waals surface area contributed by atoms with Crippen LogP contribution in [0.4, 0.5) is 0 Å². The highest BCUT2D eigenvalue weighted by Crippen LogP contribution is 2.43. The molecule has 20 heavy (non-hydrogen) atoms. The van der Waals surface area contributed by atoms with E-state index in [1.165, 1.54) is 0 Å². The number of likely N-dealkylation sites (tertiary alicyclic amines) is 1. The number of hydrogen-bond donors (Lipinski definition) is 1. The molecule has 1 saturated heterocycles. The summed E-state index contributed by atoms with van der Waals surface area (Å²) in [6, 6.07) is 3.68. The number of aliphatic carboxylic acids is 1. The lowest BCUT2D eigenvalue weighted by atomic mass is 9.90. The third-order valence-electron chi connectivity index (χ3n) is 4.44. The van der Waals surface area contributed by atoms with Crippen LogP contribution in [0.25, 0.3) is 0 Å². The van der Waals surface area contributed by atoms with E-state index in [0.717, 1.165) is 18.6 Å². The molecule has 4 atom stereocenters. The number of carboxylic acid groups (broad SMARTS) is 1. The summed E-state index contributed by atoms with van der Waals surface area (Å²) in [4.78, 5) is 25.3. The number of amides is 1. The maximum Gasteiger partial charge on any atom is 0.307 e. The highest BCUT2D eigenvalue weighted by Gasteiger charge is 2.51. The first-order valence-electron chi connectivity index (χ1n) is 7.14. The molecular weight excluding hydrogens is 258 g/mol. The fourth-order valence-corrected chi connectivity index (χ4v) is 3.11. The summed E-state index contributed by atoms with van der Waals surface area (Å²) in [5.74, 6) is -0.354. The predicted octanol–water partition coefficient (Wildman–Crippen LogP) is 2.30. The molecule has 0 aromatic carbocycles. The molecule has 3 rings (SSSR count). The van der Waals surface area contributed by atoms with Crippen molar-refractivity contribution < 1.29 is 19.1 Å². The van der Waals surface area contributed by atoms with Gasteiger partial charge in [0.25, 0.3) is 0 Å². The lowest BCUT2D eigenvalue weighted by molar-refractivity contribution is -0.143. The highest BCUT2D eigenvalue weighted by molar-refractivity contribution is 5.89. The molecule has 2 heterocycles. The van der Waals surface area contributed by atoms with E-state index in [1.807, 2.05) is 17.0 Å². The van der Waals surface area contributed by atoms with Crippen LogP contribution >= 0.6 is 0 Å². The smallest absolute Gasteiger partial charge is 0.307 e. The molecule has 0 bridgehead atoms. The third-order valence-corrected chi connectivity index (χ3v) is 4.44. The lowest BCUT2D eigenvalue weighted by Crippen LogP contribution is -2.41. The van der Waals surface area contributed by atoms with E-state index in [4.69, 9.17) is 9.52 Å². The summed E-state index contributed by atoms with van der Waals surface area (Å²) >= 11 is 0. The van der Waals surface area contributed by atoms with E-state index in [1.54, 1.807) is 6.26 Å². The van der Waals surface area contributed by atoms with Gasteiger partial charge in [0.2, 0.25) is 5.91 Å². The largest absolute Gasteiger partial charge is 0.481 e. The number of carboxylic acids is 1. The van der Waals surface area contributed by atoms with Crippen molar-refractivity contribution in [2.24, 2.45) is 17.8 Å². The number of rotatable bonds is 3. The van der Waals surface area contributed by atoms with Gasteiger partial charge >= 0.3 is 5.97 Å². The number of carbonyl (C=O) groups is 2. The van der Waals surface area contributed by atoms with Crippen molar-refractivity contribution in [1.29, 1.82) is 0 Å². The summed E-state index contributed by atoms with van der Waals surface area (Å²) in [6.45, 7) is 2.86. The van der Waals surface area contributed by atoms with Crippen LogP contribution in [0.15, 0.2) is 22.8 Å². The SMILES string of the molecule is C[C@@H]1CCN(C(=O)[C@@H]2C[C@H]2C(=O)O)[C@@H](c2ccco2)C1. The molecule has 2 aliphatic rings. The molecular formula is C15H19NO4. The zero-order valence-corrected chi connectivity index (χ0v) is 11.5.